The van der Waals surface area contributed by atoms with Gasteiger partial charge in [0.1, 0.15) is 5.82 Å². The molecule has 1 aromatic carbocycles. The summed E-state index contributed by atoms with van der Waals surface area (Å²) in [5.74, 6) is 0.787. The minimum absolute atomic E-state index is 0. The summed E-state index contributed by atoms with van der Waals surface area (Å²) >= 11 is 0. The maximum Gasteiger partial charge on any atom is 0.163 e. The summed E-state index contributed by atoms with van der Waals surface area (Å²) in [4.78, 5) is 2.32. The Morgan fingerprint density at radius 3 is 2.18 bits per heavy atom. The van der Waals surface area contributed by atoms with Crippen LogP contribution in [0.4, 0.5) is 4.39 Å². The zero-order chi connectivity index (χ0) is 14.5. The number of methoxy groups -OCH3 is 2. The molecule has 7 heteroatoms. The molecule has 128 valence electrons. The van der Waals surface area contributed by atoms with Crippen molar-refractivity contribution in [2.75, 3.05) is 40.4 Å². The molecule has 0 bridgehead atoms. The van der Waals surface area contributed by atoms with Gasteiger partial charge in [-0.05, 0) is 12.5 Å². The van der Waals surface area contributed by atoms with Gasteiger partial charge < -0.3 is 14.8 Å². The molecule has 22 heavy (non-hydrogen) atoms. The minimum atomic E-state index is -0.229. The molecule has 0 aromatic heterocycles. The van der Waals surface area contributed by atoms with Gasteiger partial charge in [-0.1, -0.05) is 6.92 Å². The summed E-state index contributed by atoms with van der Waals surface area (Å²) in [6, 6.07) is 3.26. The largest absolute Gasteiger partial charge is 0.493 e. The molecule has 4 nitrogen and oxygen atoms in total. The van der Waals surface area contributed by atoms with Crippen molar-refractivity contribution < 1.29 is 13.9 Å². The molecule has 1 heterocycles. The standard InChI is InChI=1S/C15H23FN2O2.2ClH/c1-4-13(18-7-5-17-6-8-18)11-9-14(19-2)15(20-3)10-12(11)16;;/h9-10,13,17H,4-8H2,1-3H3;2*1H/t13-;;/m0../s1. The number of halogens is 3. The molecule has 2 rings (SSSR count). The van der Waals surface area contributed by atoms with E-state index in [0.717, 1.165) is 32.6 Å². The third kappa shape index (κ3) is 4.62. The van der Waals surface area contributed by atoms with Crippen LogP contribution < -0.4 is 14.8 Å². The van der Waals surface area contributed by atoms with E-state index in [1.54, 1.807) is 13.2 Å². The molecule has 1 fully saturated rings. The lowest BCUT2D eigenvalue weighted by Crippen LogP contribution is -2.45. The molecule has 1 aliphatic rings. The van der Waals surface area contributed by atoms with Gasteiger partial charge in [0.15, 0.2) is 11.5 Å². The number of ether oxygens (including phenoxy) is 2. The number of piperazine rings is 1. The molecule has 0 aliphatic carbocycles. The van der Waals surface area contributed by atoms with E-state index in [4.69, 9.17) is 9.47 Å². The van der Waals surface area contributed by atoms with E-state index in [-0.39, 0.29) is 36.7 Å². The average molecular weight is 355 g/mol. The summed E-state index contributed by atoms with van der Waals surface area (Å²) in [5.41, 5.74) is 0.687. The zero-order valence-electron chi connectivity index (χ0n) is 13.2. The van der Waals surface area contributed by atoms with Crippen LogP contribution in [-0.4, -0.2) is 45.3 Å². The van der Waals surface area contributed by atoms with Crippen molar-refractivity contribution in [3.8, 4) is 11.5 Å². The van der Waals surface area contributed by atoms with Gasteiger partial charge in [-0.25, -0.2) is 4.39 Å². The predicted molar refractivity (Wildman–Crippen MR) is 91.5 cm³/mol. The maximum atomic E-state index is 14.4. The van der Waals surface area contributed by atoms with Crippen LogP contribution in [-0.2, 0) is 0 Å². The fourth-order valence-electron chi connectivity index (χ4n) is 2.79. The van der Waals surface area contributed by atoms with Gasteiger partial charge in [-0.3, -0.25) is 4.90 Å². The SMILES string of the molecule is CC[C@@H](c1cc(OC)c(OC)cc1F)N1CCNCC1.Cl.Cl. The van der Waals surface area contributed by atoms with Crippen LogP contribution >= 0.6 is 24.8 Å². The lowest BCUT2D eigenvalue weighted by molar-refractivity contribution is 0.166. The van der Waals surface area contributed by atoms with Crippen molar-refractivity contribution in [3.63, 3.8) is 0 Å². The van der Waals surface area contributed by atoms with Gasteiger partial charge in [-0.15, -0.1) is 24.8 Å². The van der Waals surface area contributed by atoms with Crippen LogP contribution in [0.2, 0.25) is 0 Å². The van der Waals surface area contributed by atoms with Crippen molar-refractivity contribution in [3.05, 3.63) is 23.5 Å². The van der Waals surface area contributed by atoms with Crippen LogP contribution in [0.1, 0.15) is 24.9 Å². The fraction of sp³-hybridized carbons (Fsp3) is 0.600. The molecular weight excluding hydrogens is 330 g/mol. The Hall–Kier alpha value is -0.750. The second-order valence-electron chi connectivity index (χ2n) is 4.94. The van der Waals surface area contributed by atoms with Crippen molar-refractivity contribution in [1.82, 2.24) is 10.2 Å². The summed E-state index contributed by atoms with van der Waals surface area (Å²) in [6.07, 6.45) is 0.867. The van der Waals surface area contributed by atoms with E-state index in [9.17, 15) is 4.39 Å². The first-order valence-electron chi connectivity index (χ1n) is 7.07. The van der Waals surface area contributed by atoms with Crippen LogP contribution in [0.15, 0.2) is 12.1 Å². The van der Waals surface area contributed by atoms with Crippen LogP contribution in [0.3, 0.4) is 0 Å². The summed E-state index contributed by atoms with van der Waals surface area (Å²) in [5, 5.41) is 3.32. The van der Waals surface area contributed by atoms with E-state index in [0.29, 0.717) is 17.1 Å². The number of rotatable bonds is 5. The molecular formula is C15H25Cl2FN2O2. The molecule has 1 atom stereocenters. The van der Waals surface area contributed by atoms with Crippen LogP contribution in [0, 0.1) is 5.82 Å². The van der Waals surface area contributed by atoms with Crippen molar-refractivity contribution in [2.45, 2.75) is 19.4 Å². The number of benzene rings is 1. The Morgan fingerprint density at radius 1 is 1.14 bits per heavy atom. The Bertz CT molecular complexity index is 457. The average Bonchev–Trinajstić information content (AvgIpc) is 2.50. The molecule has 1 aromatic rings. The third-order valence-electron chi connectivity index (χ3n) is 3.84. The highest BCUT2D eigenvalue weighted by molar-refractivity contribution is 5.85. The molecule has 0 amide bonds. The lowest BCUT2D eigenvalue weighted by atomic mass is 10.0. The summed E-state index contributed by atoms with van der Waals surface area (Å²) < 4.78 is 24.8. The molecule has 0 radical (unpaired) electrons. The number of hydrogen-bond donors (Lipinski definition) is 1. The maximum absolute atomic E-state index is 14.4. The van der Waals surface area contributed by atoms with Gasteiger partial charge >= 0.3 is 0 Å². The topological polar surface area (TPSA) is 33.7 Å². The third-order valence-corrected chi connectivity index (χ3v) is 3.84. The minimum Gasteiger partial charge on any atom is -0.493 e. The van der Waals surface area contributed by atoms with Crippen molar-refractivity contribution in [1.29, 1.82) is 0 Å². The highest BCUT2D eigenvalue weighted by Gasteiger charge is 2.24. The summed E-state index contributed by atoms with van der Waals surface area (Å²) in [6.45, 7) is 5.86. The second kappa shape index (κ2) is 10.1. The van der Waals surface area contributed by atoms with Crippen molar-refractivity contribution >= 4 is 24.8 Å². The lowest BCUT2D eigenvalue weighted by Gasteiger charge is -2.35. The Morgan fingerprint density at radius 2 is 1.68 bits per heavy atom. The van der Waals surface area contributed by atoms with E-state index in [1.807, 2.05) is 0 Å². The zero-order valence-corrected chi connectivity index (χ0v) is 14.9. The smallest absolute Gasteiger partial charge is 0.163 e. The van der Waals surface area contributed by atoms with Gasteiger partial charge in [0, 0.05) is 43.9 Å². The molecule has 1 aliphatic heterocycles. The number of hydrogen-bond acceptors (Lipinski definition) is 4. The van der Waals surface area contributed by atoms with E-state index >= 15 is 0 Å². The van der Waals surface area contributed by atoms with Gasteiger partial charge in [-0.2, -0.15) is 0 Å². The first-order valence-corrected chi connectivity index (χ1v) is 7.07. The number of nitrogens with zero attached hydrogens (tertiary/aromatic N) is 1. The highest BCUT2D eigenvalue weighted by atomic mass is 35.5. The molecule has 0 unspecified atom stereocenters. The molecule has 1 saturated heterocycles. The van der Waals surface area contributed by atoms with E-state index in [2.05, 4.69) is 17.1 Å². The van der Waals surface area contributed by atoms with Crippen molar-refractivity contribution in [2.24, 2.45) is 0 Å². The van der Waals surface area contributed by atoms with Gasteiger partial charge in [0.05, 0.1) is 14.2 Å². The molecule has 0 spiro atoms. The van der Waals surface area contributed by atoms with E-state index in [1.165, 1.54) is 13.2 Å². The molecule has 1 N–H and O–H groups in total. The normalized spacial score (nSPS) is 16.2. The first kappa shape index (κ1) is 21.2. The monoisotopic (exact) mass is 354 g/mol. The predicted octanol–water partition coefficient (Wildman–Crippen LogP) is 3.04. The first-order chi connectivity index (χ1) is 9.71. The Labute approximate surface area is 144 Å². The summed E-state index contributed by atoms with van der Waals surface area (Å²) in [7, 11) is 3.09. The Balaban J connectivity index is 0.00000220. The Kier molecular flexibility index (Phi) is 9.76. The fourth-order valence-corrected chi connectivity index (χ4v) is 2.79. The quantitative estimate of drug-likeness (QED) is 0.880. The molecule has 0 saturated carbocycles. The van der Waals surface area contributed by atoms with Crippen LogP contribution in [0.5, 0.6) is 11.5 Å². The van der Waals surface area contributed by atoms with Gasteiger partial charge in [0.25, 0.3) is 0 Å². The number of nitrogens with one attached hydrogen (secondary N) is 1. The van der Waals surface area contributed by atoms with E-state index < -0.39 is 0 Å². The van der Waals surface area contributed by atoms with Crippen LogP contribution in [0.25, 0.3) is 0 Å². The van der Waals surface area contributed by atoms with Gasteiger partial charge in [0.2, 0.25) is 0 Å². The highest BCUT2D eigenvalue weighted by Crippen LogP contribution is 2.35. The second-order valence-corrected chi connectivity index (χ2v) is 4.94.